The molecule has 5 heteroatoms. The van der Waals surface area contributed by atoms with Gasteiger partial charge < -0.3 is 10.2 Å². The quantitative estimate of drug-likeness (QED) is 0.854. The molecule has 0 amide bonds. The summed E-state index contributed by atoms with van der Waals surface area (Å²) in [5.41, 5.74) is 0.0539. The van der Waals surface area contributed by atoms with Gasteiger partial charge in [-0.1, -0.05) is 0 Å². The van der Waals surface area contributed by atoms with Crippen LogP contribution in [0.15, 0.2) is 0 Å². The fraction of sp³-hybridized carbons (Fsp3) is 0.800. The number of hydrogen-bond donors (Lipinski definition) is 1. The van der Waals surface area contributed by atoms with Crippen LogP contribution in [0.5, 0.6) is 0 Å². The van der Waals surface area contributed by atoms with E-state index in [1.807, 2.05) is 0 Å². The first kappa shape index (κ1) is 12.4. The Balaban J connectivity index is 2.49. The normalized spacial score (nSPS) is 12.1. The average molecular weight is 228 g/mol. The Bertz CT molecular complexity index is 301. The topological polar surface area (TPSA) is 41.1 Å². The van der Waals surface area contributed by atoms with Gasteiger partial charge in [-0.15, -0.1) is 0 Å². The van der Waals surface area contributed by atoms with Crippen LogP contribution in [0.3, 0.4) is 0 Å². The number of nitrogens with zero attached hydrogens (tertiary/aromatic N) is 3. The van der Waals surface area contributed by atoms with Gasteiger partial charge in [0.15, 0.2) is 0 Å². The summed E-state index contributed by atoms with van der Waals surface area (Å²) in [5.74, 6) is 0.931. The predicted molar refractivity (Wildman–Crippen MR) is 65.5 cm³/mol. The Morgan fingerprint density at radius 2 is 2.00 bits per heavy atom. The van der Waals surface area contributed by atoms with Crippen molar-refractivity contribution >= 4 is 16.7 Å². The zero-order valence-corrected chi connectivity index (χ0v) is 11.0. The number of hydrogen-bond acceptors (Lipinski definition) is 5. The first-order valence-corrected chi connectivity index (χ1v) is 5.90. The summed E-state index contributed by atoms with van der Waals surface area (Å²) in [6, 6.07) is 0. The van der Waals surface area contributed by atoms with Crippen LogP contribution < -0.4 is 5.32 Å². The number of anilines is 1. The maximum Gasteiger partial charge on any atom is 0.202 e. The number of nitrogens with one attached hydrogen (secondary N) is 1. The van der Waals surface area contributed by atoms with E-state index < -0.39 is 0 Å². The monoisotopic (exact) mass is 228 g/mol. The summed E-state index contributed by atoms with van der Waals surface area (Å²) in [6.45, 7) is 7.35. The van der Waals surface area contributed by atoms with Crippen molar-refractivity contribution in [3.8, 4) is 0 Å². The van der Waals surface area contributed by atoms with Gasteiger partial charge in [-0.25, -0.2) is 4.98 Å². The van der Waals surface area contributed by atoms with Gasteiger partial charge in [0, 0.05) is 30.0 Å². The number of aromatic nitrogens is 2. The molecule has 0 aliphatic rings. The van der Waals surface area contributed by atoms with Gasteiger partial charge in [0.2, 0.25) is 5.13 Å². The lowest BCUT2D eigenvalue weighted by molar-refractivity contribution is 0.410. The lowest BCUT2D eigenvalue weighted by atomic mass is 10.1. The molecular weight excluding hydrogens is 208 g/mol. The Kier molecular flexibility index (Phi) is 4.04. The predicted octanol–water partition coefficient (Wildman–Crippen LogP) is 1.85. The third-order valence-corrected chi connectivity index (χ3v) is 2.40. The van der Waals surface area contributed by atoms with Gasteiger partial charge in [0.25, 0.3) is 0 Å². The summed E-state index contributed by atoms with van der Waals surface area (Å²) >= 11 is 1.44. The molecule has 0 radical (unpaired) electrons. The SMILES string of the molecule is CN(C)CCc1nsc(NC(C)(C)C)n1. The fourth-order valence-corrected chi connectivity index (χ4v) is 1.87. The highest BCUT2D eigenvalue weighted by molar-refractivity contribution is 7.09. The summed E-state index contributed by atoms with van der Waals surface area (Å²) < 4.78 is 4.31. The lowest BCUT2D eigenvalue weighted by Gasteiger charge is -2.18. The molecule has 1 aromatic heterocycles. The fourth-order valence-electron chi connectivity index (χ4n) is 1.05. The van der Waals surface area contributed by atoms with Gasteiger partial charge in [0.05, 0.1) is 0 Å². The van der Waals surface area contributed by atoms with Crippen LogP contribution >= 0.6 is 11.5 Å². The highest BCUT2D eigenvalue weighted by Gasteiger charge is 2.12. The Hall–Kier alpha value is -0.680. The van der Waals surface area contributed by atoms with Gasteiger partial charge >= 0.3 is 0 Å². The van der Waals surface area contributed by atoms with Crippen molar-refractivity contribution in [3.63, 3.8) is 0 Å². The van der Waals surface area contributed by atoms with Gasteiger partial charge in [-0.2, -0.15) is 4.37 Å². The second-order valence-corrected chi connectivity index (χ2v) is 5.70. The Labute approximate surface area is 95.9 Å². The highest BCUT2D eigenvalue weighted by Crippen LogP contribution is 2.16. The molecule has 1 rings (SSSR count). The molecule has 0 aromatic carbocycles. The van der Waals surface area contributed by atoms with Crippen molar-refractivity contribution in [2.75, 3.05) is 26.0 Å². The van der Waals surface area contributed by atoms with E-state index in [-0.39, 0.29) is 5.54 Å². The van der Waals surface area contributed by atoms with E-state index in [9.17, 15) is 0 Å². The summed E-state index contributed by atoms with van der Waals surface area (Å²) in [7, 11) is 4.11. The lowest BCUT2D eigenvalue weighted by Crippen LogP contribution is -2.25. The molecule has 0 aliphatic heterocycles. The van der Waals surface area contributed by atoms with E-state index in [4.69, 9.17) is 0 Å². The zero-order valence-electron chi connectivity index (χ0n) is 10.2. The highest BCUT2D eigenvalue weighted by atomic mass is 32.1. The molecule has 1 N–H and O–H groups in total. The minimum absolute atomic E-state index is 0.0539. The molecule has 86 valence electrons. The minimum Gasteiger partial charge on any atom is -0.356 e. The molecule has 0 unspecified atom stereocenters. The molecule has 15 heavy (non-hydrogen) atoms. The van der Waals surface area contributed by atoms with Crippen molar-refractivity contribution in [1.82, 2.24) is 14.3 Å². The standard InChI is InChI=1S/C10H20N4S/c1-10(2,3)12-9-11-8(13-15-9)6-7-14(4)5/h6-7H2,1-5H3,(H,11,12,13). The van der Waals surface area contributed by atoms with E-state index in [0.29, 0.717) is 0 Å². The van der Waals surface area contributed by atoms with Crippen LogP contribution in [0.1, 0.15) is 26.6 Å². The molecule has 0 atom stereocenters. The zero-order chi connectivity index (χ0) is 11.5. The van der Waals surface area contributed by atoms with Crippen molar-refractivity contribution in [2.24, 2.45) is 0 Å². The maximum atomic E-state index is 4.44. The second-order valence-electron chi connectivity index (χ2n) is 4.94. The third-order valence-electron chi connectivity index (χ3n) is 1.73. The van der Waals surface area contributed by atoms with Crippen molar-refractivity contribution in [3.05, 3.63) is 5.82 Å². The summed E-state index contributed by atoms with van der Waals surface area (Å²) in [6.07, 6.45) is 0.912. The molecule has 0 aliphatic carbocycles. The number of likely N-dealkylation sites (N-methyl/N-ethyl adjacent to an activating group) is 1. The smallest absolute Gasteiger partial charge is 0.202 e. The maximum absolute atomic E-state index is 4.44. The largest absolute Gasteiger partial charge is 0.356 e. The van der Waals surface area contributed by atoms with Crippen molar-refractivity contribution in [1.29, 1.82) is 0 Å². The van der Waals surface area contributed by atoms with Crippen LogP contribution in [0.4, 0.5) is 5.13 Å². The molecule has 4 nitrogen and oxygen atoms in total. The number of rotatable bonds is 4. The Morgan fingerprint density at radius 1 is 1.33 bits per heavy atom. The molecule has 0 saturated carbocycles. The minimum atomic E-state index is 0.0539. The third kappa shape index (κ3) is 5.09. The summed E-state index contributed by atoms with van der Waals surface area (Å²) in [4.78, 5) is 6.57. The van der Waals surface area contributed by atoms with Gasteiger partial charge in [-0.3, -0.25) is 0 Å². The molecule has 0 fully saturated rings. The molecule has 1 aromatic rings. The molecule has 0 bridgehead atoms. The van der Waals surface area contributed by atoms with Gasteiger partial charge in [0.1, 0.15) is 5.82 Å². The summed E-state index contributed by atoms with van der Waals surface area (Å²) in [5, 5.41) is 4.23. The van der Waals surface area contributed by atoms with E-state index in [2.05, 4.69) is 54.4 Å². The molecular formula is C10H20N4S. The molecule has 0 saturated heterocycles. The van der Waals surface area contributed by atoms with E-state index in [1.165, 1.54) is 11.5 Å². The van der Waals surface area contributed by atoms with Crippen LogP contribution in [0.2, 0.25) is 0 Å². The second kappa shape index (κ2) is 4.90. The first-order chi connectivity index (χ1) is 6.87. The van der Waals surface area contributed by atoms with Crippen LogP contribution in [0.25, 0.3) is 0 Å². The average Bonchev–Trinajstić information content (AvgIpc) is 2.45. The van der Waals surface area contributed by atoms with Crippen LogP contribution in [0, 0.1) is 0 Å². The van der Waals surface area contributed by atoms with Gasteiger partial charge in [-0.05, 0) is 34.9 Å². The van der Waals surface area contributed by atoms with Crippen LogP contribution in [-0.2, 0) is 6.42 Å². The van der Waals surface area contributed by atoms with Crippen molar-refractivity contribution < 1.29 is 0 Å². The van der Waals surface area contributed by atoms with E-state index in [1.54, 1.807) is 0 Å². The van der Waals surface area contributed by atoms with Crippen LogP contribution in [-0.4, -0.2) is 40.4 Å². The van der Waals surface area contributed by atoms with E-state index >= 15 is 0 Å². The Morgan fingerprint density at radius 3 is 2.53 bits per heavy atom. The first-order valence-electron chi connectivity index (χ1n) is 5.12. The molecule has 1 heterocycles. The molecule has 0 spiro atoms. The van der Waals surface area contributed by atoms with E-state index in [0.717, 1.165) is 23.9 Å². The van der Waals surface area contributed by atoms with Crippen molar-refractivity contribution in [2.45, 2.75) is 32.7 Å².